The molecule has 3 aliphatic rings. The molecule has 4 rings (SSSR count). The molecular formula is C19H23N3O3. The summed E-state index contributed by atoms with van der Waals surface area (Å²) in [5.74, 6) is -0.709. The van der Waals surface area contributed by atoms with Crippen LogP contribution in [0.5, 0.6) is 0 Å². The molecule has 3 heterocycles. The predicted octanol–water partition coefficient (Wildman–Crippen LogP) is 2.03. The lowest BCUT2D eigenvalue weighted by atomic mass is 9.67. The molecule has 1 atom stereocenters. The third-order valence-electron chi connectivity index (χ3n) is 6.04. The van der Waals surface area contributed by atoms with Crippen molar-refractivity contribution in [3.8, 4) is 0 Å². The predicted molar refractivity (Wildman–Crippen MR) is 93.1 cm³/mol. The number of nitrogens with zero attached hydrogens (tertiary/aromatic N) is 3. The van der Waals surface area contributed by atoms with E-state index >= 15 is 0 Å². The summed E-state index contributed by atoms with van der Waals surface area (Å²) >= 11 is 0. The minimum atomic E-state index is -1.20. The first-order valence-electron chi connectivity index (χ1n) is 8.93. The molecule has 4 amide bonds. The lowest BCUT2D eigenvalue weighted by Crippen LogP contribution is -2.71. The van der Waals surface area contributed by atoms with Gasteiger partial charge in [0.05, 0.1) is 6.04 Å². The van der Waals surface area contributed by atoms with Crippen LogP contribution in [-0.4, -0.2) is 54.3 Å². The molecule has 3 aliphatic heterocycles. The van der Waals surface area contributed by atoms with Crippen molar-refractivity contribution < 1.29 is 14.4 Å². The number of benzene rings is 1. The van der Waals surface area contributed by atoms with Crippen molar-refractivity contribution in [3.05, 3.63) is 29.8 Å². The van der Waals surface area contributed by atoms with Crippen LogP contribution in [0.1, 0.15) is 31.2 Å². The van der Waals surface area contributed by atoms with E-state index in [1.54, 1.807) is 0 Å². The Kier molecular flexibility index (Phi) is 3.60. The van der Waals surface area contributed by atoms with Crippen molar-refractivity contribution in [1.29, 1.82) is 0 Å². The van der Waals surface area contributed by atoms with Gasteiger partial charge in [-0.05, 0) is 30.9 Å². The maximum Gasteiger partial charge on any atom is 0.332 e. The molecule has 0 aromatic heterocycles. The van der Waals surface area contributed by atoms with Gasteiger partial charge in [-0.25, -0.2) is 4.79 Å². The molecule has 6 nitrogen and oxygen atoms in total. The number of anilines is 1. The Bertz CT molecular complexity index is 736. The Balaban J connectivity index is 1.92. The van der Waals surface area contributed by atoms with Crippen molar-refractivity contribution in [2.45, 2.75) is 38.1 Å². The molecule has 0 aliphatic carbocycles. The number of hydrogen-bond donors (Lipinski definition) is 0. The van der Waals surface area contributed by atoms with Gasteiger partial charge in [0.25, 0.3) is 0 Å². The van der Waals surface area contributed by atoms with Crippen molar-refractivity contribution in [1.82, 2.24) is 9.80 Å². The van der Waals surface area contributed by atoms with Gasteiger partial charge in [0, 0.05) is 26.3 Å². The number of imide groups is 2. The standard InChI is InChI=1S/C19H23N3O3/c1-20-16(23)19(17(24)21(2)18(20)25)12-13-8-5-6-9-14(13)22-11-7-3-4-10-15(19)22/h5-6,8-9,15H,3-4,7,10-12H2,1-2H3/t15-/m1/s1. The molecule has 0 bridgehead atoms. The van der Waals surface area contributed by atoms with Crippen LogP contribution in [0.2, 0.25) is 0 Å². The molecule has 25 heavy (non-hydrogen) atoms. The topological polar surface area (TPSA) is 60.9 Å². The normalized spacial score (nSPS) is 25.8. The van der Waals surface area contributed by atoms with Gasteiger partial charge in [-0.3, -0.25) is 19.4 Å². The second-order valence-corrected chi connectivity index (χ2v) is 7.35. The van der Waals surface area contributed by atoms with E-state index in [-0.39, 0.29) is 17.9 Å². The third-order valence-corrected chi connectivity index (χ3v) is 6.04. The highest BCUT2D eigenvalue weighted by molar-refractivity contribution is 6.20. The SMILES string of the molecule is CN1C(=O)N(C)C(=O)C2(Cc3ccccc3N3CCCCC[C@@H]32)C1=O. The zero-order chi connectivity index (χ0) is 17.8. The van der Waals surface area contributed by atoms with Gasteiger partial charge in [-0.1, -0.05) is 31.0 Å². The zero-order valence-electron chi connectivity index (χ0n) is 14.7. The first-order valence-corrected chi connectivity index (χ1v) is 8.93. The number of para-hydroxylation sites is 1. The van der Waals surface area contributed by atoms with E-state index in [1.165, 1.54) is 14.1 Å². The summed E-state index contributed by atoms with van der Waals surface area (Å²) in [7, 11) is 2.97. The fraction of sp³-hybridized carbons (Fsp3) is 0.526. The van der Waals surface area contributed by atoms with Crippen LogP contribution in [0.15, 0.2) is 24.3 Å². The summed E-state index contributed by atoms with van der Waals surface area (Å²) in [6, 6.07) is 7.29. The van der Waals surface area contributed by atoms with Crippen LogP contribution >= 0.6 is 0 Å². The highest BCUT2D eigenvalue weighted by Crippen LogP contribution is 2.47. The number of carbonyl (C=O) groups excluding carboxylic acids is 3. The molecule has 0 radical (unpaired) electrons. The maximum atomic E-state index is 13.3. The summed E-state index contributed by atoms with van der Waals surface area (Å²) in [5.41, 5.74) is 0.942. The fourth-order valence-corrected chi connectivity index (χ4v) is 4.79. The van der Waals surface area contributed by atoms with Gasteiger partial charge in [-0.15, -0.1) is 0 Å². The molecule has 0 N–H and O–H groups in total. The van der Waals surface area contributed by atoms with E-state index in [9.17, 15) is 14.4 Å². The summed E-state index contributed by atoms with van der Waals surface area (Å²) in [6.07, 6.45) is 4.30. The Hall–Kier alpha value is -2.37. The summed E-state index contributed by atoms with van der Waals surface area (Å²) in [6.45, 7) is 0.839. The van der Waals surface area contributed by atoms with Gasteiger partial charge in [0.15, 0.2) is 5.41 Å². The first-order chi connectivity index (χ1) is 12.0. The number of amides is 4. The van der Waals surface area contributed by atoms with Crippen LogP contribution < -0.4 is 4.90 Å². The zero-order valence-corrected chi connectivity index (χ0v) is 14.7. The van der Waals surface area contributed by atoms with E-state index in [2.05, 4.69) is 11.0 Å². The maximum absolute atomic E-state index is 13.3. The third kappa shape index (κ3) is 2.06. The average molecular weight is 341 g/mol. The molecule has 1 spiro atoms. The van der Waals surface area contributed by atoms with E-state index in [1.807, 2.05) is 18.2 Å². The van der Waals surface area contributed by atoms with Gasteiger partial charge in [-0.2, -0.15) is 0 Å². The van der Waals surface area contributed by atoms with Gasteiger partial charge in [0.1, 0.15) is 0 Å². The van der Waals surface area contributed by atoms with Gasteiger partial charge in [0.2, 0.25) is 11.8 Å². The number of hydrogen-bond acceptors (Lipinski definition) is 4. The monoisotopic (exact) mass is 341 g/mol. The largest absolute Gasteiger partial charge is 0.367 e. The van der Waals surface area contributed by atoms with E-state index in [0.717, 1.165) is 53.3 Å². The van der Waals surface area contributed by atoms with Gasteiger partial charge < -0.3 is 4.90 Å². The molecule has 1 aromatic carbocycles. The van der Waals surface area contributed by atoms with Crippen LogP contribution in [0.25, 0.3) is 0 Å². The van der Waals surface area contributed by atoms with E-state index < -0.39 is 11.4 Å². The Morgan fingerprint density at radius 1 is 0.960 bits per heavy atom. The Morgan fingerprint density at radius 3 is 2.36 bits per heavy atom. The molecule has 2 saturated heterocycles. The van der Waals surface area contributed by atoms with Crippen LogP contribution in [0.4, 0.5) is 10.5 Å². The lowest BCUT2D eigenvalue weighted by molar-refractivity contribution is -0.159. The molecule has 0 unspecified atom stereocenters. The average Bonchev–Trinajstić information content (AvgIpc) is 2.90. The number of barbiturate groups is 1. The second kappa shape index (κ2) is 5.58. The highest BCUT2D eigenvalue weighted by atomic mass is 16.2. The van der Waals surface area contributed by atoms with Crippen LogP contribution in [0, 0.1) is 5.41 Å². The van der Waals surface area contributed by atoms with Crippen molar-refractivity contribution in [3.63, 3.8) is 0 Å². The highest BCUT2D eigenvalue weighted by Gasteiger charge is 2.62. The van der Waals surface area contributed by atoms with Crippen molar-refractivity contribution in [2.75, 3.05) is 25.5 Å². The van der Waals surface area contributed by atoms with Crippen molar-refractivity contribution >= 4 is 23.5 Å². The minimum Gasteiger partial charge on any atom is -0.367 e. The van der Waals surface area contributed by atoms with E-state index in [0.29, 0.717) is 6.42 Å². The minimum absolute atomic E-state index is 0.192. The Labute approximate surface area is 147 Å². The molecule has 132 valence electrons. The molecule has 1 aromatic rings. The lowest BCUT2D eigenvalue weighted by Gasteiger charge is -2.52. The number of fused-ring (bicyclic) bond motifs is 4. The Morgan fingerprint density at radius 2 is 1.64 bits per heavy atom. The second-order valence-electron chi connectivity index (χ2n) is 7.35. The summed E-state index contributed by atoms with van der Waals surface area (Å²) < 4.78 is 0. The number of rotatable bonds is 0. The number of carbonyl (C=O) groups is 3. The summed E-state index contributed by atoms with van der Waals surface area (Å²) in [4.78, 5) is 43.3. The van der Waals surface area contributed by atoms with Gasteiger partial charge >= 0.3 is 6.03 Å². The quantitative estimate of drug-likeness (QED) is 0.678. The molecule has 6 heteroatoms. The summed E-state index contributed by atoms with van der Waals surface area (Å²) in [5, 5.41) is 0. The van der Waals surface area contributed by atoms with Crippen molar-refractivity contribution in [2.24, 2.45) is 5.41 Å². The van der Waals surface area contributed by atoms with Crippen LogP contribution in [0.3, 0.4) is 0 Å². The number of urea groups is 1. The fourth-order valence-electron chi connectivity index (χ4n) is 4.79. The smallest absolute Gasteiger partial charge is 0.332 e. The molecular weight excluding hydrogens is 318 g/mol. The van der Waals surface area contributed by atoms with Crippen LogP contribution in [-0.2, 0) is 16.0 Å². The molecule has 2 fully saturated rings. The molecule has 0 saturated carbocycles. The van der Waals surface area contributed by atoms with E-state index in [4.69, 9.17) is 0 Å². The first kappa shape index (κ1) is 16.1.